The van der Waals surface area contributed by atoms with Gasteiger partial charge in [0.1, 0.15) is 5.82 Å². The number of sulfonamides is 1. The van der Waals surface area contributed by atoms with Crippen LogP contribution in [0.15, 0.2) is 48.0 Å². The van der Waals surface area contributed by atoms with E-state index >= 15 is 0 Å². The van der Waals surface area contributed by atoms with Crippen LogP contribution in [0.25, 0.3) is 5.57 Å². The summed E-state index contributed by atoms with van der Waals surface area (Å²) in [7, 11) is 0.535. The molecule has 6 heteroatoms. The number of rotatable bonds is 5. The maximum Gasteiger partial charge on any atom is 0.215 e. The minimum absolute atomic E-state index is 0.154. The zero-order chi connectivity index (χ0) is 23.1. The van der Waals surface area contributed by atoms with Crippen LogP contribution in [-0.2, 0) is 21.9 Å². The highest BCUT2D eigenvalue weighted by Crippen LogP contribution is 2.51. The van der Waals surface area contributed by atoms with Crippen molar-refractivity contribution in [2.24, 2.45) is 0 Å². The normalized spacial score (nSPS) is 21.9. The van der Waals surface area contributed by atoms with E-state index < -0.39 is 10.0 Å². The van der Waals surface area contributed by atoms with Crippen molar-refractivity contribution in [2.75, 3.05) is 39.5 Å². The summed E-state index contributed by atoms with van der Waals surface area (Å²) >= 11 is 0. The maximum absolute atomic E-state index is 13.7. The monoisotopic (exact) mass is 456 g/mol. The van der Waals surface area contributed by atoms with Gasteiger partial charge in [0.2, 0.25) is 10.0 Å². The first-order chi connectivity index (χ1) is 15.1. The van der Waals surface area contributed by atoms with E-state index in [2.05, 4.69) is 32.0 Å². The van der Waals surface area contributed by atoms with Crippen LogP contribution in [0.1, 0.15) is 42.0 Å². The van der Waals surface area contributed by atoms with Crippen LogP contribution in [0.3, 0.4) is 0 Å². The summed E-state index contributed by atoms with van der Waals surface area (Å²) < 4.78 is 40.9. The Labute approximate surface area is 191 Å². The van der Waals surface area contributed by atoms with E-state index in [1.807, 2.05) is 31.1 Å². The molecule has 172 valence electrons. The van der Waals surface area contributed by atoms with Gasteiger partial charge in [-0.05, 0) is 74.7 Å². The van der Waals surface area contributed by atoms with Crippen molar-refractivity contribution in [3.05, 3.63) is 76.1 Å². The van der Waals surface area contributed by atoms with Crippen molar-refractivity contribution in [3.63, 3.8) is 0 Å². The molecule has 0 radical (unpaired) electrons. The van der Waals surface area contributed by atoms with E-state index in [0.717, 1.165) is 24.8 Å². The number of fused-ring (bicyclic) bond motifs is 1. The molecule has 1 aliphatic carbocycles. The third-order valence-electron chi connectivity index (χ3n) is 6.98. The maximum atomic E-state index is 13.7. The van der Waals surface area contributed by atoms with Gasteiger partial charge in [-0.2, -0.15) is 0 Å². The topological polar surface area (TPSA) is 40.6 Å². The number of piperidine rings is 1. The molecule has 2 aliphatic rings. The Hall–Kier alpha value is -2.02. The summed E-state index contributed by atoms with van der Waals surface area (Å²) in [5.41, 5.74) is 7.31. The van der Waals surface area contributed by atoms with Crippen LogP contribution >= 0.6 is 0 Å². The third-order valence-corrected chi connectivity index (χ3v) is 8.83. The van der Waals surface area contributed by atoms with Crippen LogP contribution in [0.4, 0.5) is 4.39 Å². The van der Waals surface area contributed by atoms with Gasteiger partial charge in [-0.15, -0.1) is 0 Å². The third kappa shape index (κ3) is 4.41. The van der Waals surface area contributed by atoms with E-state index in [9.17, 15) is 12.8 Å². The lowest BCUT2D eigenvalue weighted by atomic mass is 9.73. The van der Waals surface area contributed by atoms with Crippen LogP contribution < -0.4 is 0 Å². The summed E-state index contributed by atoms with van der Waals surface area (Å²) in [6, 6.07) is 13.5. The quantitative estimate of drug-likeness (QED) is 0.670. The van der Waals surface area contributed by atoms with Gasteiger partial charge in [-0.25, -0.2) is 17.1 Å². The molecule has 1 fully saturated rings. The second kappa shape index (κ2) is 8.73. The molecular formula is C26H33FN2O2S. The van der Waals surface area contributed by atoms with Crippen molar-refractivity contribution >= 4 is 15.6 Å². The number of aryl methyl sites for hydroxylation is 1. The minimum Gasteiger partial charge on any atom is -0.308 e. The Balaban J connectivity index is 1.69. The van der Waals surface area contributed by atoms with Crippen LogP contribution in [0.5, 0.6) is 0 Å². The van der Waals surface area contributed by atoms with Crippen molar-refractivity contribution in [1.82, 2.24) is 9.21 Å². The second-order valence-electron chi connectivity index (χ2n) is 9.67. The van der Waals surface area contributed by atoms with E-state index in [1.165, 1.54) is 40.0 Å². The van der Waals surface area contributed by atoms with Gasteiger partial charge in [0.25, 0.3) is 0 Å². The molecule has 1 heterocycles. The average Bonchev–Trinajstić information content (AvgIpc) is 3.05. The molecule has 0 amide bonds. The summed E-state index contributed by atoms with van der Waals surface area (Å²) in [6.07, 6.45) is 2.35. The smallest absolute Gasteiger partial charge is 0.215 e. The molecular weight excluding hydrogens is 423 g/mol. The number of halogens is 1. The SMILES string of the molecule is Cc1ccc2c(c1)C(=C1CCN(S(=O)(=O)CCN(C)C)CC1)C(C)(c1ccc(F)cc1)C2. The number of allylic oxidation sites excluding steroid dienone is 1. The van der Waals surface area contributed by atoms with E-state index in [1.54, 1.807) is 4.31 Å². The van der Waals surface area contributed by atoms with Gasteiger partial charge in [-0.3, -0.25) is 0 Å². The predicted molar refractivity (Wildman–Crippen MR) is 129 cm³/mol. The fraction of sp³-hybridized carbons (Fsp3) is 0.462. The van der Waals surface area contributed by atoms with Crippen molar-refractivity contribution < 1.29 is 12.8 Å². The molecule has 2 aromatic rings. The zero-order valence-corrected chi connectivity index (χ0v) is 20.3. The average molecular weight is 457 g/mol. The van der Waals surface area contributed by atoms with Gasteiger partial charge in [-0.1, -0.05) is 48.4 Å². The Bertz CT molecular complexity index is 1130. The molecule has 1 aliphatic heterocycles. The molecule has 0 aromatic heterocycles. The van der Waals surface area contributed by atoms with E-state index in [4.69, 9.17) is 0 Å². The van der Waals surface area contributed by atoms with Crippen molar-refractivity contribution in [2.45, 2.75) is 38.5 Å². The number of hydrogen-bond donors (Lipinski definition) is 0. The van der Waals surface area contributed by atoms with Gasteiger partial charge >= 0.3 is 0 Å². The van der Waals surface area contributed by atoms with Crippen molar-refractivity contribution in [3.8, 4) is 0 Å². The Morgan fingerprint density at radius 3 is 2.34 bits per heavy atom. The first kappa shape index (κ1) is 23.1. The van der Waals surface area contributed by atoms with E-state index in [0.29, 0.717) is 19.6 Å². The number of hydrogen-bond acceptors (Lipinski definition) is 3. The highest BCUT2D eigenvalue weighted by molar-refractivity contribution is 7.89. The molecule has 1 saturated heterocycles. The highest BCUT2D eigenvalue weighted by Gasteiger charge is 2.41. The molecule has 32 heavy (non-hydrogen) atoms. The molecule has 0 saturated carbocycles. The highest BCUT2D eigenvalue weighted by atomic mass is 32.2. The summed E-state index contributed by atoms with van der Waals surface area (Å²) in [6.45, 7) is 5.93. The molecule has 4 rings (SSSR count). The molecule has 1 atom stereocenters. The largest absolute Gasteiger partial charge is 0.308 e. The predicted octanol–water partition coefficient (Wildman–Crippen LogP) is 4.39. The summed E-state index contributed by atoms with van der Waals surface area (Å²) in [5, 5.41) is 0. The van der Waals surface area contributed by atoms with Crippen molar-refractivity contribution in [1.29, 1.82) is 0 Å². The first-order valence-electron chi connectivity index (χ1n) is 11.3. The molecule has 0 bridgehead atoms. The lowest BCUT2D eigenvalue weighted by Gasteiger charge is -2.34. The molecule has 0 N–H and O–H groups in total. The Morgan fingerprint density at radius 2 is 1.72 bits per heavy atom. The van der Waals surface area contributed by atoms with Crippen LogP contribution in [0.2, 0.25) is 0 Å². The molecule has 0 spiro atoms. The van der Waals surface area contributed by atoms with E-state index in [-0.39, 0.29) is 17.0 Å². The minimum atomic E-state index is -3.25. The van der Waals surface area contributed by atoms with Gasteiger partial charge in [0, 0.05) is 25.0 Å². The fourth-order valence-corrected chi connectivity index (χ4v) is 6.79. The fourth-order valence-electron chi connectivity index (χ4n) is 5.20. The molecule has 4 nitrogen and oxygen atoms in total. The number of nitrogens with zero attached hydrogens (tertiary/aromatic N) is 2. The Morgan fingerprint density at radius 1 is 1.06 bits per heavy atom. The van der Waals surface area contributed by atoms with Gasteiger partial charge in [0.05, 0.1) is 5.75 Å². The second-order valence-corrected chi connectivity index (χ2v) is 11.8. The van der Waals surface area contributed by atoms with Crippen LogP contribution in [0, 0.1) is 12.7 Å². The first-order valence-corrected chi connectivity index (χ1v) is 12.9. The summed E-state index contributed by atoms with van der Waals surface area (Å²) in [4.78, 5) is 1.90. The lowest BCUT2D eigenvalue weighted by Crippen LogP contribution is -2.40. The zero-order valence-electron chi connectivity index (χ0n) is 19.5. The van der Waals surface area contributed by atoms with Crippen LogP contribution in [-0.4, -0.2) is 57.1 Å². The van der Waals surface area contributed by atoms with Gasteiger partial charge in [0.15, 0.2) is 0 Å². The standard InChI is InChI=1S/C26H33FN2O2S/c1-19-5-6-21-18-26(2,22-7-9-23(27)10-8-22)25(24(21)17-19)20-11-13-29(14-12-20)32(30,31)16-15-28(3)4/h5-10,17H,11-16,18H2,1-4H3. The summed E-state index contributed by atoms with van der Waals surface area (Å²) in [5.74, 6) is -0.0736. The van der Waals surface area contributed by atoms with Gasteiger partial charge < -0.3 is 4.90 Å². The molecule has 2 aromatic carbocycles. The Kier molecular flexibility index (Phi) is 6.31. The molecule has 1 unspecified atom stereocenters. The number of benzene rings is 2. The lowest BCUT2D eigenvalue weighted by molar-refractivity contribution is 0.376.